The molecule has 1 aromatic rings. The molecule has 1 aliphatic carbocycles. The van der Waals surface area contributed by atoms with E-state index in [0.717, 1.165) is 18.4 Å². The lowest BCUT2D eigenvalue weighted by Crippen LogP contribution is -2.53. The van der Waals surface area contributed by atoms with Gasteiger partial charge < -0.3 is 20.1 Å². The van der Waals surface area contributed by atoms with Crippen molar-refractivity contribution in [3.8, 4) is 0 Å². The summed E-state index contributed by atoms with van der Waals surface area (Å²) in [6.45, 7) is 9.36. The summed E-state index contributed by atoms with van der Waals surface area (Å²) >= 11 is 0. The quantitative estimate of drug-likeness (QED) is 0.449. The maximum atomic E-state index is 14.1. The van der Waals surface area contributed by atoms with Crippen molar-refractivity contribution in [1.29, 1.82) is 0 Å². The third kappa shape index (κ3) is 5.19. The predicted molar refractivity (Wildman–Crippen MR) is 129 cm³/mol. The van der Waals surface area contributed by atoms with Crippen LogP contribution in [0.5, 0.6) is 0 Å². The highest BCUT2D eigenvalue weighted by Gasteiger charge is 2.59. The van der Waals surface area contributed by atoms with Crippen molar-refractivity contribution in [2.24, 2.45) is 23.7 Å². The van der Waals surface area contributed by atoms with Crippen molar-refractivity contribution in [3.05, 3.63) is 48.0 Å². The summed E-state index contributed by atoms with van der Waals surface area (Å²) in [4.78, 5) is 42.3. The van der Waals surface area contributed by atoms with Crippen LogP contribution in [0.4, 0.5) is 0 Å². The fourth-order valence-corrected chi connectivity index (χ4v) is 5.42. The molecule has 0 spiro atoms. The van der Waals surface area contributed by atoms with Gasteiger partial charge in [-0.3, -0.25) is 14.4 Å². The Bertz CT molecular complexity index is 907. The lowest BCUT2D eigenvalue weighted by molar-refractivity contribution is -0.156. The number of carbonyl (C=O) groups is 3. The van der Waals surface area contributed by atoms with Crippen LogP contribution in [-0.2, 0) is 19.1 Å². The number of carbonyl (C=O) groups excluding carboxylic acids is 3. The van der Waals surface area contributed by atoms with Gasteiger partial charge in [0.05, 0.1) is 31.1 Å². The van der Waals surface area contributed by atoms with Crippen LogP contribution in [0.3, 0.4) is 0 Å². The van der Waals surface area contributed by atoms with E-state index in [-0.39, 0.29) is 30.9 Å². The lowest BCUT2D eigenvalue weighted by atomic mass is 9.68. The normalized spacial score (nSPS) is 27.3. The zero-order valence-corrected chi connectivity index (χ0v) is 20.9. The van der Waals surface area contributed by atoms with Gasteiger partial charge in [0.15, 0.2) is 0 Å². The second kappa shape index (κ2) is 10.7. The Labute approximate surface area is 202 Å². The Morgan fingerprint density at radius 3 is 2.38 bits per heavy atom. The van der Waals surface area contributed by atoms with Gasteiger partial charge in [0, 0.05) is 11.5 Å². The van der Waals surface area contributed by atoms with Gasteiger partial charge in [-0.2, -0.15) is 0 Å². The number of allylic oxidation sites excluding steroid dienone is 1. The van der Waals surface area contributed by atoms with Gasteiger partial charge in [0.1, 0.15) is 6.04 Å². The summed E-state index contributed by atoms with van der Waals surface area (Å²) in [5, 5.41) is 13.4. The van der Waals surface area contributed by atoms with Gasteiger partial charge in [0.2, 0.25) is 11.8 Å². The van der Waals surface area contributed by atoms with Crippen molar-refractivity contribution in [3.63, 3.8) is 0 Å². The van der Waals surface area contributed by atoms with E-state index < -0.39 is 41.3 Å². The smallest absolute Gasteiger partial charge is 0.310 e. The Morgan fingerprint density at radius 1 is 1.15 bits per heavy atom. The van der Waals surface area contributed by atoms with Gasteiger partial charge in [-0.1, -0.05) is 55.8 Å². The SMILES string of the molecule is CCC[C@@H]1C=C[C@H]2[C@H](C(=O)N([C@H](CO)c3ccccc3)[C@@H]2C(=O)NC(C)(C)C)[C@@H]1C(=O)OCC. The van der Waals surface area contributed by atoms with E-state index in [1.165, 1.54) is 4.90 Å². The molecular weight excluding hydrogens is 432 g/mol. The summed E-state index contributed by atoms with van der Waals surface area (Å²) in [5.41, 5.74) is 0.238. The Hall–Kier alpha value is -2.67. The molecule has 1 aliphatic heterocycles. The fourth-order valence-electron chi connectivity index (χ4n) is 5.42. The molecule has 0 aromatic heterocycles. The van der Waals surface area contributed by atoms with Crippen molar-refractivity contribution in [1.82, 2.24) is 10.2 Å². The zero-order chi connectivity index (χ0) is 25.0. The molecule has 7 heteroatoms. The summed E-state index contributed by atoms with van der Waals surface area (Å²) < 4.78 is 5.40. The number of aliphatic hydroxyl groups is 1. The van der Waals surface area contributed by atoms with Gasteiger partial charge in [-0.15, -0.1) is 0 Å². The number of fused-ring (bicyclic) bond motifs is 1. The highest BCUT2D eigenvalue weighted by atomic mass is 16.5. The number of rotatable bonds is 8. The molecule has 34 heavy (non-hydrogen) atoms. The number of nitrogens with one attached hydrogen (secondary N) is 1. The standard InChI is InChI=1S/C27H38N2O5/c1-6-11-18-14-15-19-22(21(18)26(33)34-7-2)25(32)29(23(19)24(31)28-27(3,4)5)20(16-30)17-12-9-8-10-13-17/h8-10,12-15,18-23,30H,6-7,11,16H2,1-5H3,(H,28,31)/t18-,19+,20-,21-,22+,23+/m1/s1. The average molecular weight is 471 g/mol. The number of esters is 1. The van der Waals surface area contributed by atoms with Crippen LogP contribution in [0, 0.1) is 23.7 Å². The van der Waals surface area contributed by atoms with Crippen LogP contribution in [0.15, 0.2) is 42.5 Å². The molecule has 2 aliphatic rings. The number of nitrogens with zero attached hydrogens (tertiary/aromatic N) is 1. The average Bonchev–Trinajstić information content (AvgIpc) is 3.07. The van der Waals surface area contributed by atoms with Crippen molar-refractivity contribution in [2.45, 2.75) is 65.1 Å². The maximum Gasteiger partial charge on any atom is 0.310 e. The fraction of sp³-hybridized carbons (Fsp3) is 0.593. The van der Waals surface area contributed by atoms with Crippen LogP contribution >= 0.6 is 0 Å². The molecule has 1 fully saturated rings. The molecule has 3 rings (SSSR count). The highest BCUT2D eigenvalue weighted by molar-refractivity contribution is 5.96. The molecule has 0 saturated carbocycles. The Kier molecular flexibility index (Phi) is 8.18. The van der Waals surface area contributed by atoms with E-state index >= 15 is 0 Å². The summed E-state index contributed by atoms with van der Waals surface area (Å²) in [7, 11) is 0. The van der Waals surface area contributed by atoms with Crippen molar-refractivity contribution in [2.75, 3.05) is 13.2 Å². The van der Waals surface area contributed by atoms with Crippen molar-refractivity contribution < 1.29 is 24.2 Å². The molecule has 0 unspecified atom stereocenters. The minimum Gasteiger partial charge on any atom is -0.466 e. The third-order valence-electron chi connectivity index (χ3n) is 6.69. The number of hydrogen-bond donors (Lipinski definition) is 2. The van der Waals surface area contributed by atoms with Crippen LogP contribution in [0.2, 0.25) is 0 Å². The minimum atomic E-state index is -0.843. The number of likely N-dealkylation sites (tertiary alicyclic amines) is 1. The zero-order valence-electron chi connectivity index (χ0n) is 20.9. The predicted octanol–water partition coefficient (Wildman–Crippen LogP) is 3.24. The number of amides is 2. The first-order chi connectivity index (χ1) is 16.1. The maximum absolute atomic E-state index is 14.1. The number of aliphatic hydroxyl groups excluding tert-OH is 1. The van der Waals surface area contributed by atoms with Crippen LogP contribution in [0.25, 0.3) is 0 Å². The number of hydrogen-bond acceptors (Lipinski definition) is 5. The van der Waals surface area contributed by atoms with Crippen molar-refractivity contribution >= 4 is 17.8 Å². The van der Waals surface area contributed by atoms with E-state index in [9.17, 15) is 19.5 Å². The Morgan fingerprint density at radius 2 is 1.82 bits per heavy atom. The van der Waals surface area contributed by atoms with Gasteiger partial charge in [-0.25, -0.2) is 0 Å². The van der Waals surface area contributed by atoms with Gasteiger partial charge in [0.25, 0.3) is 0 Å². The van der Waals surface area contributed by atoms with E-state index in [1.807, 2.05) is 70.2 Å². The monoisotopic (exact) mass is 470 g/mol. The molecule has 0 radical (unpaired) electrons. The number of ether oxygens (including phenoxy) is 1. The van der Waals surface area contributed by atoms with E-state index in [1.54, 1.807) is 6.92 Å². The highest BCUT2D eigenvalue weighted by Crippen LogP contribution is 2.48. The first kappa shape index (κ1) is 25.9. The minimum absolute atomic E-state index is 0.134. The molecule has 7 nitrogen and oxygen atoms in total. The lowest BCUT2D eigenvalue weighted by Gasteiger charge is -2.35. The van der Waals surface area contributed by atoms with E-state index in [2.05, 4.69) is 5.32 Å². The summed E-state index contributed by atoms with van der Waals surface area (Å²) in [5.74, 6) is -2.97. The van der Waals surface area contributed by atoms with Crippen LogP contribution in [-0.4, -0.2) is 52.6 Å². The molecule has 0 bridgehead atoms. The molecule has 1 saturated heterocycles. The Balaban J connectivity index is 2.12. The molecule has 2 N–H and O–H groups in total. The molecule has 2 amide bonds. The first-order valence-electron chi connectivity index (χ1n) is 12.3. The van der Waals surface area contributed by atoms with E-state index in [0.29, 0.717) is 0 Å². The summed E-state index contributed by atoms with van der Waals surface area (Å²) in [6.07, 6.45) is 5.52. The van der Waals surface area contributed by atoms with E-state index in [4.69, 9.17) is 4.74 Å². The van der Waals surface area contributed by atoms with Crippen LogP contribution in [0.1, 0.15) is 59.1 Å². The third-order valence-corrected chi connectivity index (χ3v) is 6.69. The first-order valence-corrected chi connectivity index (χ1v) is 12.3. The number of benzene rings is 1. The molecule has 186 valence electrons. The second-order valence-electron chi connectivity index (χ2n) is 10.3. The van der Waals surface area contributed by atoms with Crippen LogP contribution < -0.4 is 5.32 Å². The molecule has 1 heterocycles. The topological polar surface area (TPSA) is 95.9 Å². The summed E-state index contributed by atoms with van der Waals surface area (Å²) in [6, 6.07) is 7.69. The van der Waals surface area contributed by atoms with Gasteiger partial charge in [-0.05, 0) is 45.6 Å². The second-order valence-corrected chi connectivity index (χ2v) is 10.3. The molecular formula is C27H38N2O5. The molecule has 1 aromatic carbocycles. The molecule has 6 atom stereocenters. The van der Waals surface area contributed by atoms with Gasteiger partial charge >= 0.3 is 5.97 Å². The largest absolute Gasteiger partial charge is 0.466 e.